The first-order valence-electron chi connectivity index (χ1n) is 10.8. The molecule has 0 aromatic heterocycles. The van der Waals surface area contributed by atoms with Crippen LogP contribution in [0.5, 0.6) is 0 Å². The molecule has 1 atom stereocenters. The second-order valence-electron chi connectivity index (χ2n) is 8.75. The van der Waals surface area contributed by atoms with E-state index < -0.39 is 6.17 Å². The molecular weight excluding hydrogens is 355 g/mol. The van der Waals surface area contributed by atoms with Gasteiger partial charge in [-0.3, -0.25) is 0 Å². The van der Waals surface area contributed by atoms with Crippen molar-refractivity contribution in [2.24, 2.45) is 0 Å². The Hall–Kier alpha value is -2.41. The van der Waals surface area contributed by atoms with E-state index in [-0.39, 0.29) is 0 Å². The largest absolute Gasteiger partial charge is 0.247 e. The van der Waals surface area contributed by atoms with Crippen LogP contribution in [0.25, 0.3) is 11.1 Å². The molecule has 2 aliphatic rings. The van der Waals surface area contributed by atoms with Crippen LogP contribution in [0.3, 0.4) is 0 Å². The molecule has 4 rings (SSSR count). The van der Waals surface area contributed by atoms with Gasteiger partial charge >= 0.3 is 0 Å². The van der Waals surface area contributed by atoms with Gasteiger partial charge in [-0.1, -0.05) is 54.6 Å². The standard InChI is InChI=1S/C28H31F/c1-18-8-12-23(16-20(18)3)27-17-24-7-5-6-19(2)28(24)21(4)26(27)15-11-22-9-13-25(29)14-10-22/h5-9,12,16,25H,4,10-11,13-15,17H2,1-3H3. The van der Waals surface area contributed by atoms with Crippen molar-refractivity contribution in [1.29, 1.82) is 0 Å². The lowest BCUT2D eigenvalue weighted by Gasteiger charge is -2.28. The summed E-state index contributed by atoms with van der Waals surface area (Å²) in [4.78, 5) is 0. The first-order chi connectivity index (χ1) is 13.9. The van der Waals surface area contributed by atoms with Gasteiger partial charge in [0.2, 0.25) is 0 Å². The van der Waals surface area contributed by atoms with Crippen molar-refractivity contribution in [2.45, 2.75) is 65.5 Å². The quantitative estimate of drug-likeness (QED) is 0.469. The van der Waals surface area contributed by atoms with Crippen molar-refractivity contribution in [2.75, 3.05) is 0 Å². The Morgan fingerprint density at radius 3 is 2.55 bits per heavy atom. The van der Waals surface area contributed by atoms with Crippen LogP contribution in [-0.4, -0.2) is 6.17 Å². The molecule has 0 nitrogen and oxygen atoms in total. The number of hydrogen-bond acceptors (Lipinski definition) is 0. The third-order valence-electron chi connectivity index (χ3n) is 6.75. The molecule has 0 aliphatic heterocycles. The molecule has 0 radical (unpaired) electrons. The zero-order chi connectivity index (χ0) is 20.5. The minimum atomic E-state index is -0.650. The average Bonchev–Trinajstić information content (AvgIpc) is 2.70. The Labute approximate surface area is 174 Å². The van der Waals surface area contributed by atoms with Gasteiger partial charge in [-0.05, 0) is 109 Å². The van der Waals surface area contributed by atoms with Crippen molar-refractivity contribution >= 4 is 11.1 Å². The molecular formula is C28H31F. The summed E-state index contributed by atoms with van der Waals surface area (Å²) in [7, 11) is 0. The van der Waals surface area contributed by atoms with E-state index in [0.717, 1.165) is 25.7 Å². The van der Waals surface area contributed by atoms with Crippen molar-refractivity contribution in [3.05, 3.63) is 93.6 Å². The second kappa shape index (κ2) is 8.14. The van der Waals surface area contributed by atoms with E-state index in [1.807, 2.05) is 0 Å². The summed E-state index contributed by atoms with van der Waals surface area (Å²) in [6.07, 6.45) is 6.60. The third-order valence-corrected chi connectivity index (χ3v) is 6.75. The number of hydrogen-bond donors (Lipinski definition) is 0. The number of rotatable bonds is 4. The molecule has 2 aliphatic carbocycles. The molecule has 0 spiro atoms. The number of allylic oxidation sites excluding steroid dienone is 5. The van der Waals surface area contributed by atoms with Gasteiger partial charge in [0.25, 0.3) is 0 Å². The lowest BCUT2D eigenvalue weighted by molar-refractivity contribution is 0.306. The van der Waals surface area contributed by atoms with Crippen LogP contribution in [0.4, 0.5) is 4.39 Å². The van der Waals surface area contributed by atoms with Crippen LogP contribution in [0, 0.1) is 20.8 Å². The van der Waals surface area contributed by atoms with E-state index in [2.05, 4.69) is 69.8 Å². The zero-order valence-electron chi connectivity index (χ0n) is 17.9. The molecule has 2 aromatic rings. The highest BCUT2D eigenvalue weighted by molar-refractivity contribution is 5.94. The van der Waals surface area contributed by atoms with Crippen LogP contribution in [0.1, 0.15) is 65.5 Å². The Balaban J connectivity index is 1.73. The van der Waals surface area contributed by atoms with Crippen LogP contribution < -0.4 is 0 Å². The van der Waals surface area contributed by atoms with Crippen LogP contribution in [0.2, 0.25) is 0 Å². The molecule has 1 heteroatoms. The van der Waals surface area contributed by atoms with E-state index in [1.165, 1.54) is 55.7 Å². The van der Waals surface area contributed by atoms with Crippen molar-refractivity contribution < 1.29 is 4.39 Å². The number of alkyl halides is 1. The highest BCUT2D eigenvalue weighted by Gasteiger charge is 2.24. The van der Waals surface area contributed by atoms with E-state index in [4.69, 9.17) is 0 Å². The summed E-state index contributed by atoms with van der Waals surface area (Å²) in [5.74, 6) is 0. The summed E-state index contributed by atoms with van der Waals surface area (Å²) < 4.78 is 13.5. The predicted octanol–water partition coefficient (Wildman–Crippen LogP) is 7.86. The molecule has 0 saturated heterocycles. The monoisotopic (exact) mass is 386 g/mol. The van der Waals surface area contributed by atoms with Gasteiger partial charge in [0.15, 0.2) is 0 Å². The summed E-state index contributed by atoms with van der Waals surface area (Å²) in [6.45, 7) is 11.1. The minimum Gasteiger partial charge on any atom is -0.247 e. The van der Waals surface area contributed by atoms with Crippen LogP contribution in [-0.2, 0) is 6.42 Å². The van der Waals surface area contributed by atoms with E-state index in [9.17, 15) is 4.39 Å². The number of halogens is 1. The van der Waals surface area contributed by atoms with E-state index in [1.54, 1.807) is 0 Å². The number of aryl methyl sites for hydroxylation is 3. The summed E-state index contributed by atoms with van der Waals surface area (Å²) in [5.41, 5.74) is 13.4. The molecule has 29 heavy (non-hydrogen) atoms. The first-order valence-corrected chi connectivity index (χ1v) is 10.8. The lowest BCUT2D eigenvalue weighted by atomic mass is 9.76. The summed E-state index contributed by atoms with van der Waals surface area (Å²) in [5, 5.41) is 0. The van der Waals surface area contributed by atoms with Gasteiger partial charge in [-0.15, -0.1) is 0 Å². The molecule has 0 fully saturated rings. The zero-order valence-corrected chi connectivity index (χ0v) is 17.9. The molecule has 0 saturated carbocycles. The molecule has 0 N–H and O–H groups in total. The second-order valence-corrected chi connectivity index (χ2v) is 8.75. The number of benzene rings is 2. The highest BCUT2D eigenvalue weighted by Crippen LogP contribution is 2.43. The topological polar surface area (TPSA) is 0 Å². The molecule has 2 aromatic carbocycles. The highest BCUT2D eigenvalue weighted by atomic mass is 19.1. The Kier molecular flexibility index (Phi) is 5.58. The van der Waals surface area contributed by atoms with Gasteiger partial charge in [0.05, 0.1) is 0 Å². The van der Waals surface area contributed by atoms with Gasteiger partial charge < -0.3 is 0 Å². The van der Waals surface area contributed by atoms with Crippen molar-refractivity contribution in [1.82, 2.24) is 0 Å². The summed E-state index contributed by atoms with van der Waals surface area (Å²) in [6, 6.07) is 13.4. The average molecular weight is 387 g/mol. The van der Waals surface area contributed by atoms with E-state index in [0.29, 0.717) is 12.8 Å². The lowest BCUT2D eigenvalue weighted by Crippen LogP contribution is -2.10. The third kappa shape index (κ3) is 4.01. The maximum atomic E-state index is 13.5. The fourth-order valence-corrected chi connectivity index (χ4v) is 4.81. The first kappa shape index (κ1) is 19.9. The summed E-state index contributed by atoms with van der Waals surface area (Å²) >= 11 is 0. The molecule has 0 amide bonds. The maximum absolute atomic E-state index is 13.5. The Morgan fingerprint density at radius 1 is 1.00 bits per heavy atom. The van der Waals surface area contributed by atoms with Crippen molar-refractivity contribution in [3.63, 3.8) is 0 Å². The van der Waals surface area contributed by atoms with Gasteiger partial charge in [-0.2, -0.15) is 0 Å². The number of fused-ring (bicyclic) bond motifs is 1. The minimum absolute atomic E-state index is 0.585. The van der Waals surface area contributed by atoms with Crippen LogP contribution in [0.15, 0.2) is 60.2 Å². The van der Waals surface area contributed by atoms with E-state index >= 15 is 0 Å². The predicted molar refractivity (Wildman–Crippen MR) is 123 cm³/mol. The van der Waals surface area contributed by atoms with Gasteiger partial charge in [0.1, 0.15) is 6.17 Å². The molecule has 1 unspecified atom stereocenters. The SMILES string of the molecule is C=C1C(CCC2=CCC(F)CC2)=C(c2ccc(C)c(C)c2)Cc2cccc(C)c21. The Bertz CT molecular complexity index is 1020. The Morgan fingerprint density at radius 2 is 1.83 bits per heavy atom. The van der Waals surface area contributed by atoms with Gasteiger partial charge in [-0.25, -0.2) is 4.39 Å². The van der Waals surface area contributed by atoms with Crippen molar-refractivity contribution in [3.8, 4) is 0 Å². The molecule has 0 heterocycles. The normalized spacial score (nSPS) is 19.2. The smallest absolute Gasteiger partial charge is 0.104 e. The fraction of sp³-hybridized carbons (Fsp3) is 0.357. The van der Waals surface area contributed by atoms with Gasteiger partial charge in [0, 0.05) is 0 Å². The van der Waals surface area contributed by atoms with Crippen LogP contribution >= 0.6 is 0 Å². The fourth-order valence-electron chi connectivity index (χ4n) is 4.81. The molecule has 150 valence electrons. The maximum Gasteiger partial charge on any atom is 0.104 e. The molecule has 0 bridgehead atoms.